The fourth-order valence-electron chi connectivity index (χ4n) is 5.41. The number of nitrogens with one attached hydrogen (secondary N) is 2. The number of carbonyl (C=O) groups is 1. The number of carbonyl (C=O) groups excluding carboxylic acids is 1. The van der Waals surface area contributed by atoms with E-state index in [-0.39, 0.29) is 11.9 Å². The molecule has 35 heavy (non-hydrogen) atoms. The van der Waals surface area contributed by atoms with Crippen molar-refractivity contribution in [3.05, 3.63) is 60.4 Å². The summed E-state index contributed by atoms with van der Waals surface area (Å²) in [6, 6.07) is 14.0. The first kappa shape index (κ1) is 21.6. The summed E-state index contributed by atoms with van der Waals surface area (Å²) in [4.78, 5) is 27.4. The predicted molar refractivity (Wildman–Crippen MR) is 139 cm³/mol. The molecule has 2 aromatic heterocycles. The number of benzene rings is 2. The fraction of sp³-hybridized carbons (Fsp3) is 0.333. The van der Waals surface area contributed by atoms with E-state index in [1.165, 1.54) is 19.3 Å². The van der Waals surface area contributed by atoms with Crippen molar-refractivity contribution in [1.29, 1.82) is 0 Å². The Morgan fingerprint density at radius 1 is 1.06 bits per heavy atom. The molecule has 1 aliphatic heterocycles. The van der Waals surface area contributed by atoms with E-state index in [9.17, 15) is 4.79 Å². The number of anilines is 5. The van der Waals surface area contributed by atoms with Gasteiger partial charge in [0.1, 0.15) is 11.7 Å². The number of nitrogens with zero attached hydrogens (tertiary/aromatic N) is 5. The van der Waals surface area contributed by atoms with Gasteiger partial charge in [-0.25, -0.2) is 4.98 Å². The molecule has 178 valence electrons. The zero-order valence-electron chi connectivity index (χ0n) is 20.0. The molecule has 6 rings (SSSR count). The van der Waals surface area contributed by atoms with Crippen molar-refractivity contribution in [3.8, 4) is 0 Å². The summed E-state index contributed by atoms with van der Waals surface area (Å²) in [5, 5.41) is 11.4. The summed E-state index contributed by atoms with van der Waals surface area (Å²) in [5.74, 6) is 1.38. The molecule has 1 fully saturated rings. The third-order valence-corrected chi connectivity index (χ3v) is 7.15. The summed E-state index contributed by atoms with van der Waals surface area (Å²) in [6.45, 7) is 4.04. The number of hydrogen-bond acceptors (Lipinski definition) is 6. The Bertz CT molecular complexity index is 1390. The molecule has 0 bridgehead atoms. The van der Waals surface area contributed by atoms with E-state index in [4.69, 9.17) is 4.98 Å². The Morgan fingerprint density at radius 3 is 2.74 bits per heavy atom. The van der Waals surface area contributed by atoms with Crippen molar-refractivity contribution in [1.82, 2.24) is 20.2 Å². The highest BCUT2D eigenvalue weighted by Crippen LogP contribution is 2.42. The number of aryl methyl sites for hydroxylation is 1. The first-order chi connectivity index (χ1) is 17.1. The third kappa shape index (κ3) is 3.88. The molecule has 8 heteroatoms. The summed E-state index contributed by atoms with van der Waals surface area (Å²) in [6.07, 6.45) is 9.34. The molecule has 1 aliphatic carbocycles. The minimum absolute atomic E-state index is 0.0587. The number of aromatic nitrogens is 4. The van der Waals surface area contributed by atoms with Gasteiger partial charge in [0.25, 0.3) is 5.91 Å². The number of hydrogen-bond donors (Lipinski definition) is 2. The lowest BCUT2D eigenvalue weighted by Gasteiger charge is -2.45. The Balaban J connectivity index is 1.43. The molecule has 1 saturated carbocycles. The van der Waals surface area contributed by atoms with Gasteiger partial charge in [0, 0.05) is 22.8 Å². The minimum atomic E-state index is -0.309. The van der Waals surface area contributed by atoms with Crippen LogP contribution in [0.1, 0.15) is 44.6 Å². The Kier molecular flexibility index (Phi) is 5.36. The first-order valence-corrected chi connectivity index (χ1v) is 12.3. The molecule has 3 heterocycles. The van der Waals surface area contributed by atoms with Crippen molar-refractivity contribution < 1.29 is 4.79 Å². The molecule has 8 nitrogen and oxygen atoms in total. The second-order valence-electron chi connectivity index (χ2n) is 9.59. The van der Waals surface area contributed by atoms with Crippen LogP contribution >= 0.6 is 0 Å². The number of aromatic amines is 1. The second-order valence-corrected chi connectivity index (χ2v) is 9.59. The van der Waals surface area contributed by atoms with E-state index < -0.39 is 0 Å². The van der Waals surface area contributed by atoms with E-state index >= 15 is 0 Å². The standard InChI is InChI=1S/C27H29N7O/c1-17-7-6-10-22(13-17)34-24-16-28-27(30-20-11-12-23-19(14-20)15-29-32-23)31-25(24)33(18(2)26(34)35)21-8-4-3-5-9-21/h6-7,10-16,18,21H,3-5,8-9H2,1-2H3,(H,29,32)(H,28,30,31)/t18-/m1/s1. The molecule has 2 N–H and O–H groups in total. The zero-order chi connectivity index (χ0) is 23.9. The molecule has 0 radical (unpaired) electrons. The van der Waals surface area contributed by atoms with E-state index in [0.29, 0.717) is 12.0 Å². The van der Waals surface area contributed by atoms with Crippen molar-refractivity contribution in [2.75, 3.05) is 15.1 Å². The maximum Gasteiger partial charge on any atom is 0.254 e. The van der Waals surface area contributed by atoms with Gasteiger partial charge in [-0.05, 0) is 62.6 Å². The van der Waals surface area contributed by atoms with Crippen LogP contribution < -0.4 is 15.1 Å². The Labute approximate surface area is 204 Å². The van der Waals surface area contributed by atoms with Crippen LogP contribution in [0.4, 0.5) is 28.8 Å². The lowest BCUT2D eigenvalue weighted by atomic mass is 9.92. The molecule has 0 unspecified atom stereocenters. The Morgan fingerprint density at radius 2 is 1.91 bits per heavy atom. The largest absolute Gasteiger partial charge is 0.340 e. The summed E-state index contributed by atoms with van der Waals surface area (Å²) in [7, 11) is 0. The Hall–Kier alpha value is -3.94. The monoisotopic (exact) mass is 467 g/mol. The first-order valence-electron chi connectivity index (χ1n) is 12.3. The zero-order valence-corrected chi connectivity index (χ0v) is 20.0. The maximum absolute atomic E-state index is 13.7. The lowest BCUT2D eigenvalue weighted by molar-refractivity contribution is -0.119. The smallest absolute Gasteiger partial charge is 0.254 e. The van der Waals surface area contributed by atoms with Gasteiger partial charge >= 0.3 is 0 Å². The average Bonchev–Trinajstić information content (AvgIpc) is 3.34. The molecule has 0 saturated heterocycles. The van der Waals surface area contributed by atoms with Crippen LogP contribution in [0, 0.1) is 6.92 Å². The van der Waals surface area contributed by atoms with E-state index in [2.05, 4.69) is 25.4 Å². The van der Waals surface area contributed by atoms with Gasteiger partial charge in [-0.1, -0.05) is 31.4 Å². The highest BCUT2D eigenvalue weighted by atomic mass is 16.2. The van der Waals surface area contributed by atoms with E-state index in [0.717, 1.165) is 52.2 Å². The number of fused-ring (bicyclic) bond motifs is 2. The molecule has 2 aliphatic rings. The van der Waals surface area contributed by atoms with Gasteiger partial charge in [0.15, 0.2) is 5.82 Å². The van der Waals surface area contributed by atoms with Gasteiger partial charge < -0.3 is 10.2 Å². The molecule has 2 aromatic carbocycles. The molecule has 1 atom stereocenters. The summed E-state index contributed by atoms with van der Waals surface area (Å²) < 4.78 is 0. The van der Waals surface area contributed by atoms with Crippen molar-refractivity contribution >= 4 is 45.6 Å². The predicted octanol–water partition coefficient (Wildman–Crippen LogP) is 5.61. The number of amides is 1. The topological polar surface area (TPSA) is 90.0 Å². The van der Waals surface area contributed by atoms with Crippen LogP contribution in [0.3, 0.4) is 0 Å². The number of H-pyrrole nitrogens is 1. The fourth-order valence-corrected chi connectivity index (χ4v) is 5.41. The summed E-state index contributed by atoms with van der Waals surface area (Å²) >= 11 is 0. The SMILES string of the molecule is Cc1cccc(N2C(=O)[C@@H](C)N(C3CCCCC3)c3nc(Nc4ccc5[nH]ncc5c4)ncc32)c1. The number of rotatable bonds is 4. The van der Waals surface area contributed by atoms with Crippen molar-refractivity contribution in [2.45, 2.75) is 58.0 Å². The van der Waals surface area contributed by atoms with Crippen LogP contribution in [-0.4, -0.2) is 38.2 Å². The van der Waals surface area contributed by atoms with Gasteiger partial charge in [-0.15, -0.1) is 0 Å². The third-order valence-electron chi connectivity index (χ3n) is 7.15. The van der Waals surface area contributed by atoms with Crippen LogP contribution in [0.5, 0.6) is 0 Å². The average molecular weight is 468 g/mol. The van der Waals surface area contributed by atoms with E-state index in [1.54, 1.807) is 17.3 Å². The maximum atomic E-state index is 13.7. The van der Waals surface area contributed by atoms with Crippen molar-refractivity contribution in [3.63, 3.8) is 0 Å². The minimum Gasteiger partial charge on any atom is -0.340 e. The van der Waals surface area contributed by atoms with Gasteiger partial charge in [0.05, 0.1) is 17.9 Å². The molecule has 4 aromatic rings. The highest BCUT2D eigenvalue weighted by molar-refractivity contribution is 6.10. The van der Waals surface area contributed by atoms with Crippen LogP contribution in [0.15, 0.2) is 54.9 Å². The van der Waals surface area contributed by atoms with Gasteiger partial charge in [-0.2, -0.15) is 10.1 Å². The highest BCUT2D eigenvalue weighted by Gasteiger charge is 2.41. The van der Waals surface area contributed by atoms with Gasteiger partial charge in [-0.3, -0.25) is 14.8 Å². The normalized spacial score (nSPS) is 18.7. The summed E-state index contributed by atoms with van der Waals surface area (Å²) in [5.41, 5.74) is 4.55. The molecular formula is C27H29N7O. The second kappa shape index (κ2) is 8.69. The van der Waals surface area contributed by atoms with Crippen LogP contribution in [0.25, 0.3) is 10.9 Å². The van der Waals surface area contributed by atoms with Crippen LogP contribution in [0.2, 0.25) is 0 Å². The van der Waals surface area contributed by atoms with Crippen molar-refractivity contribution in [2.24, 2.45) is 0 Å². The van der Waals surface area contributed by atoms with Crippen LogP contribution in [-0.2, 0) is 4.79 Å². The quantitative estimate of drug-likeness (QED) is 0.405. The molecule has 0 spiro atoms. The molecule has 1 amide bonds. The van der Waals surface area contributed by atoms with E-state index in [1.807, 2.05) is 56.3 Å². The van der Waals surface area contributed by atoms with Gasteiger partial charge in [0.2, 0.25) is 5.95 Å². The molecular weight excluding hydrogens is 438 g/mol. The lowest BCUT2D eigenvalue weighted by Crippen LogP contribution is -2.55.